The maximum atomic E-state index is 10.9. The van der Waals surface area contributed by atoms with Crippen LogP contribution in [0.25, 0.3) is 0 Å². The van der Waals surface area contributed by atoms with Crippen molar-refractivity contribution >= 4 is 7.60 Å². The summed E-state index contributed by atoms with van der Waals surface area (Å²) in [6.07, 6.45) is -0.364. The zero-order valence-corrected chi connectivity index (χ0v) is 12.3. The molecule has 112 valence electrons. The molecule has 2 aromatic rings. The lowest BCUT2D eigenvalue weighted by Gasteiger charge is -2.13. The van der Waals surface area contributed by atoms with E-state index in [9.17, 15) is 4.57 Å². The van der Waals surface area contributed by atoms with Gasteiger partial charge in [-0.15, -0.1) is 0 Å². The summed E-state index contributed by atoms with van der Waals surface area (Å²) in [6, 6.07) is 16.0. The lowest BCUT2D eigenvalue weighted by atomic mass is 10.1. The van der Waals surface area contributed by atoms with Gasteiger partial charge in [-0.3, -0.25) is 4.57 Å². The average molecular weight is 307 g/mol. The van der Waals surface area contributed by atoms with E-state index in [0.717, 1.165) is 5.56 Å². The molecular weight excluding hydrogens is 289 g/mol. The van der Waals surface area contributed by atoms with E-state index in [1.54, 1.807) is 24.3 Å². The van der Waals surface area contributed by atoms with Crippen molar-refractivity contribution in [3.8, 4) is 5.75 Å². The molecule has 0 spiro atoms. The van der Waals surface area contributed by atoms with Crippen LogP contribution in [0.15, 0.2) is 54.6 Å². The summed E-state index contributed by atoms with van der Waals surface area (Å²) >= 11 is 0. The van der Waals surface area contributed by atoms with Gasteiger partial charge in [0.25, 0.3) is 0 Å². The maximum Gasteiger partial charge on any atom is 0.327 e. The van der Waals surface area contributed by atoms with Gasteiger partial charge in [0.15, 0.2) is 0 Å². The Hall–Kier alpha value is -1.65. The number of nitrogens with two attached hydrogens (primary N) is 1. The molecule has 0 saturated heterocycles. The summed E-state index contributed by atoms with van der Waals surface area (Å²) in [5.41, 5.74) is 7.50. The molecule has 6 heteroatoms. The number of hydrogen-bond acceptors (Lipinski definition) is 3. The molecule has 0 heterocycles. The standard InChI is InChI=1S/C15H18NO4P/c16-15(11-21(17,18)19)13-6-8-14(9-7-13)20-10-12-4-2-1-3-5-12/h1-9,15H,10-11,16H2,(H2,17,18,19). The van der Waals surface area contributed by atoms with Crippen molar-refractivity contribution in [2.45, 2.75) is 12.6 Å². The molecule has 0 aliphatic carbocycles. The molecular formula is C15H18NO4P. The molecule has 21 heavy (non-hydrogen) atoms. The van der Waals surface area contributed by atoms with Gasteiger partial charge in [0, 0.05) is 6.04 Å². The van der Waals surface area contributed by atoms with Crippen LogP contribution in [0.5, 0.6) is 5.75 Å². The van der Waals surface area contributed by atoms with Gasteiger partial charge in [0.05, 0.1) is 6.16 Å². The number of hydrogen-bond donors (Lipinski definition) is 3. The molecule has 0 aliphatic heterocycles. The molecule has 2 aromatic carbocycles. The van der Waals surface area contributed by atoms with Crippen molar-refractivity contribution in [3.05, 3.63) is 65.7 Å². The van der Waals surface area contributed by atoms with Gasteiger partial charge in [0.1, 0.15) is 12.4 Å². The molecule has 0 fully saturated rings. The van der Waals surface area contributed by atoms with Gasteiger partial charge in [-0.2, -0.15) is 0 Å². The largest absolute Gasteiger partial charge is 0.489 e. The minimum Gasteiger partial charge on any atom is -0.489 e. The summed E-state index contributed by atoms with van der Waals surface area (Å²) in [6.45, 7) is 0.467. The summed E-state index contributed by atoms with van der Waals surface area (Å²) in [4.78, 5) is 17.8. The summed E-state index contributed by atoms with van der Waals surface area (Å²) < 4.78 is 16.6. The predicted molar refractivity (Wildman–Crippen MR) is 81.1 cm³/mol. The second-order valence-electron chi connectivity index (χ2n) is 4.80. The fourth-order valence-corrected chi connectivity index (χ4v) is 2.64. The average Bonchev–Trinajstić information content (AvgIpc) is 2.45. The van der Waals surface area contributed by atoms with Crippen LogP contribution >= 0.6 is 7.60 Å². The Labute approximate surface area is 123 Å². The lowest BCUT2D eigenvalue weighted by Crippen LogP contribution is -2.14. The Morgan fingerprint density at radius 3 is 2.24 bits per heavy atom. The molecule has 0 amide bonds. The van der Waals surface area contributed by atoms with Crippen molar-refractivity contribution in [3.63, 3.8) is 0 Å². The summed E-state index contributed by atoms with van der Waals surface area (Å²) in [5, 5.41) is 0. The van der Waals surface area contributed by atoms with E-state index >= 15 is 0 Å². The summed E-state index contributed by atoms with van der Waals surface area (Å²) in [7, 11) is -4.11. The Bertz CT molecular complexity index is 609. The van der Waals surface area contributed by atoms with E-state index in [1.165, 1.54) is 0 Å². The highest BCUT2D eigenvalue weighted by atomic mass is 31.2. The van der Waals surface area contributed by atoms with Crippen LogP contribution in [-0.4, -0.2) is 15.9 Å². The van der Waals surface area contributed by atoms with Crippen LogP contribution < -0.4 is 10.5 Å². The molecule has 1 unspecified atom stereocenters. The topological polar surface area (TPSA) is 92.8 Å². The molecule has 0 bridgehead atoms. The zero-order chi connectivity index (χ0) is 15.3. The molecule has 0 aliphatic rings. The third-order valence-corrected chi connectivity index (χ3v) is 3.86. The third-order valence-electron chi connectivity index (χ3n) is 2.99. The van der Waals surface area contributed by atoms with Crippen LogP contribution in [0.3, 0.4) is 0 Å². The Morgan fingerprint density at radius 2 is 1.67 bits per heavy atom. The Morgan fingerprint density at radius 1 is 1.05 bits per heavy atom. The maximum absolute atomic E-state index is 10.9. The van der Waals surface area contributed by atoms with Crippen LogP contribution in [0.4, 0.5) is 0 Å². The molecule has 0 saturated carbocycles. The Kier molecular flexibility index (Phi) is 5.15. The highest BCUT2D eigenvalue weighted by Gasteiger charge is 2.19. The number of ether oxygens (including phenoxy) is 1. The molecule has 4 N–H and O–H groups in total. The smallest absolute Gasteiger partial charge is 0.327 e. The fraction of sp³-hybridized carbons (Fsp3) is 0.200. The van der Waals surface area contributed by atoms with E-state index in [0.29, 0.717) is 17.9 Å². The number of benzene rings is 2. The van der Waals surface area contributed by atoms with E-state index < -0.39 is 13.6 Å². The third kappa shape index (κ3) is 5.33. The van der Waals surface area contributed by atoms with E-state index in [2.05, 4.69) is 0 Å². The highest BCUT2D eigenvalue weighted by Crippen LogP contribution is 2.38. The lowest BCUT2D eigenvalue weighted by molar-refractivity contribution is 0.306. The molecule has 5 nitrogen and oxygen atoms in total. The van der Waals surface area contributed by atoms with Crippen LogP contribution in [0.2, 0.25) is 0 Å². The van der Waals surface area contributed by atoms with Crippen LogP contribution in [0, 0.1) is 0 Å². The minimum absolute atomic E-state index is 0.364. The van der Waals surface area contributed by atoms with Crippen LogP contribution in [0.1, 0.15) is 17.2 Å². The number of rotatable bonds is 6. The van der Waals surface area contributed by atoms with E-state index in [4.69, 9.17) is 20.3 Å². The fourth-order valence-electron chi connectivity index (χ4n) is 1.91. The van der Waals surface area contributed by atoms with Gasteiger partial charge in [-0.05, 0) is 23.3 Å². The molecule has 0 radical (unpaired) electrons. The van der Waals surface area contributed by atoms with Crippen molar-refractivity contribution in [2.75, 3.05) is 6.16 Å². The van der Waals surface area contributed by atoms with Crippen molar-refractivity contribution in [2.24, 2.45) is 5.73 Å². The van der Waals surface area contributed by atoms with Gasteiger partial charge in [0.2, 0.25) is 0 Å². The van der Waals surface area contributed by atoms with Crippen molar-refractivity contribution in [1.29, 1.82) is 0 Å². The first-order valence-corrected chi connectivity index (χ1v) is 8.31. The second-order valence-corrected chi connectivity index (χ2v) is 6.49. The SMILES string of the molecule is NC(CP(=O)(O)O)c1ccc(OCc2ccccc2)cc1. The van der Waals surface area contributed by atoms with E-state index in [-0.39, 0.29) is 6.16 Å². The molecule has 0 aromatic heterocycles. The Balaban J connectivity index is 1.94. The first-order valence-electron chi connectivity index (χ1n) is 6.51. The highest BCUT2D eigenvalue weighted by molar-refractivity contribution is 7.51. The van der Waals surface area contributed by atoms with Gasteiger partial charge < -0.3 is 20.3 Å². The van der Waals surface area contributed by atoms with Gasteiger partial charge in [-0.1, -0.05) is 42.5 Å². The predicted octanol–water partition coefficient (Wildman–Crippen LogP) is 2.44. The second kappa shape index (κ2) is 6.87. The molecule has 2 rings (SSSR count). The quantitative estimate of drug-likeness (QED) is 0.713. The van der Waals surface area contributed by atoms with Crippen LogP contribution in [-0.2, 0) is 11.2 Å². The van der Waals surface area contributed by atoms with E-state index in [1.807, 2.05) is 30.3 Å². The monoisotopic (exact) mass is 307 g/mol. The minimum atomic E-state index is -4.11. The zero-order valence-electron chi connectivity index (χ0n) is 11.4. The normalized spacial score (nSPS) is 12.9. The summed E-state index contributed by atoms with van der Waals surface area (Å²) in [5.74, 6) is 0.686. The van der Waals surface area contributed by atoms with Crippen molar-refractivity contribution < 1.29 is 19.1 Å². The van der Waals surface area contributed by atoms with Crippen molar-refractivity contribution in [1.82, 2.24) is 0 Å². The first kappa shape index (κ1) is 15.7. The van der Waals surface area contributed by atoms with Gasteiger partial charge >= 0.3 is 7.60 Å². The molecule has 1 atom stereocenters. The van der Waals surface area contributed by atoms with Gasteiger partial charge in [-0.25, -0.2) is 0 Å². The first-order chi connectivity index (χ1) is 9.94.